The Morgan fingerprint density at radius 3 is 2.75 bits per heavy atom. The van der Waals surface area contributed by atoms with Gasteiger partial charge in [0.15, 0.2) is 0 Å². The smallest absolute Gasteiger partial charge is 0.133 e. The summed E-state index contributed by atoms with van der Waals surface area (Å²) < 4.78 is 1.99. The standard InChI is InChI=1S/C18H28N6/c1-16-5-6-17-15-22(10-9-21(2)3)11-12-23(18(17)20-16)13-14-24-8-4-7-19-24/h4-8H,9-15H2,1-3H3. The van der Waals surface area contributed by atoms with Crippen LogP contribution in [0.5, 0.6) is 0 Å². The Morgan fingerprint density at radius 1 is 1.12 bits per heavy atom. The van der Waals surface area contributed by atoms with Crippen molar-refractivity contribution in [2.24, 2.45) is 0 Å². The summed E-state index contributed by atoms with van der Waals surface area (Å²) in [4.78, 5) is 12.0. The van der Waals surface area contributed by atoms with Gasteiger partial charge in [-0.2, -0.15) is 5.10 Å². The zero-order valence-electron chi connectivity index (χ0n) is 15.0. The Bertz CT molecular complexity index is 637. The summed E-state index contributed by atoms with van der Waals surface area (Å²) in [6.45, 7) is 9.14. The number of rotatable bonds is 6. The van der Waals surface area contributed by atoms with E-state index in [1.54, 1.807) is 0 Å². The van der Waals surface area contributed by atoms with Gasteiger partial charge in [-0.05, 0) is 33.2 Å². The topological polar surface area (TPSA) is 40.4 Å². The molecule has 3 rings (SSSR count). The first-order chi connectivity index (χ1) is 11.6. The Kier molecular flexibility index (Phi) is 5.48. The molecular formula is C18H28N6. The summed E-state index contributed by atoms with van der Waals surface area (Å²) in [5.74, 6) is 1.15. The van der Waals surface area contributed by atoms with E-state index in [-0.39, 0.29) is 0 Å². The molecule has 3 heterocycles. The number of aromatic nitrogens is 3. The molecule has 0 bridgehead atoms. The van der Waals surface area contributed by atoms with Crippen LogP contribution in [0.1, 0.15) is 11.3 Å². The number of hydrogen-bond acceptors (Lipinski definition) is 5. The zero-order chi connectivity index (χ0) is 16.9. The number of fused-ring (bicyclic) bond motifs is 1. The van der Waals surface area contributed by atoms with Crippen LogP contribution in [0.2, 0.25) is 0 Å². The number of nitrogens with zero attached hydrogens (tertiary/aromatic N) is 6. The summed E-state index contributed by atoms with van der Waals surface area (Å²) in [5.41, 5.74) is 2.41. The van der Waals surface area contributed by atoms with Gasteiger partial charge in [-0.15, -0.1) is 0 Å². The van der Waals surface area contributed by atoms with E-state index in [2.05, 4.69) is 53.0 Å². The number of likely N-dealkylation sites (N-methyl/N-ethyl adjacent to an activating group) is 1. The van der Waals surface area contributed by atoms with E-state index in [1.807, 2.05) is 23.1 Å². The van der Waals surface area contributed by atoms with Crippen molar-refractivity contribution in [3.05, 3.63) is 41.9 Å². The fraction of sp³-hybridized carbons (Fsp3) is 0.556. The Morgan fingerprint density at radius 2 is 2.00 bits per heavy atom. The second-order valence-corrected chi connectivity index (χ2v) is 6.77. The molecule has 0 aromatic carbocycles. The lowest BCUT2D eigenvalue weighted by molar-refractivity contribution is 0.242. The maximum Gasteiger partial charge on any atom is 0.133 e. The van der Waals surface area contributed by atoms with Crippen molar-refractivity contribution in [3.8, 4) is 0 Å². The first-order valence-corrected chi connectivity index (χ1v) is 8.68. The second kappa shape index (κ2) is 7.77. The van der Waals surface area contributed by atoms with E-state index in [4.69, 9.17) is 4.98 Å². The molecule has 24 heavy (non-hydrogen) atoms. The first-order valence-electron chi connectivity index (χ1n) is 8.68. The van der Waals surface area contributed by atoms with Crippen molar-refractivity contribution >= 4 is 5.82 Å². The zero-order valence-corrected chi connectivity index (χ0v) is 15.0. The number of anilines is 1. The predicted molar refractivity (Wildman–Crippen MR) is 97.2 cm³/mol. The summed E-state index contributed by atoms with van der Waals surface area (Å²) in [5, 5.41) is 4.32. The highest BCUT2D eigenvalue weighted by Crippen LogP contribution is 2.23. The summed E-state index contributed by atoms with van der Waals surface area (Å²) in [6, 6.07) is 6.34. The maximum atomic E-state index is 4.84. The normalized spacial score (nSPS) is 15.6. The molecule has 1 aliphatic rings. The molecule has 0 spiro atoms. The third-order valence-electron chi connectivity index (χ3n) is 4.50. The van der Waals surface area contributed by atoms with Gasteiger partial charge in [0.1, 0.15) is 5.82 Å². The Labute approximate surface area is 144 Å². The van der Waals surface area contributed by atoms with E-state index in [1.165, 1.54) is 5.56 Å². The number of aryl methyl sites for hydroxylation is 1. The van der Waals surface area contributed by atoms with Crippen LogP contribution < -0.4 is 4.90 Å². The van der Waals surface area contributed by atoms with Crippen molar-refractivity contribution in [3.63, 3.8) is 0 Å². The Balaban J connectivity index is 1.74. The average Bonchev–Trinajstić information content (AvgIpc) is 3.01. The summed E-state index contributed by atoms with van der Waals surface area (Å²) in [7, 11) is 4.26. The van der Waals surface area contributed by atoms with Crippen molar-refractivity contribution in [1.29, 1.82) is 0 Å². The second-order valence-electron chi connectivity index (χ2n) is 6.77. The summed E-state index contributed by atoms with van der Waals surface area (Å²) >= 11 is 0. The van der Waals surface area contributed by atoms with Crippen molar-refractivity contribution in [2.75, 3.05) is 51.7 Å². The van der Waals surface area contributed by atoms with Gasteiger partial charge in [0.2, 0.25) is 0 Å². The quantitative estimate of drug-likeness (QED) is 0.803. The molecule has 6 heteroatoms. The monoisotopic (exact) mass is 328 g/mol. The molecule has 0 amide bonds. The third-order valence-corrected chi connectivity index (χ3v) is 4.50. The van der Waals surface area contributed by atoms with Crippen molar-refractivity contribution in [1.82, 2.24) is 24.6 Å². The fourth-order valence-corrected chi connectivity index (χ4v) is 3.06. The van der Waals surface area contributed by atoms with Crippen molar-refractivity contribution < 1.29 is 0 Å². The van der Waals surface area contributed by atoms with Gasteiger partial charge in [0.05, 0.1) is 6.54 Å². The largest absolute Gasteiger partial charge is 0.353 e. The van der Waals surface area contributed by atoms with Gasteiger partial charge in [-0.1, -0.05) is 6.07 Å². The lowest BCUT2D eigenvalue weighted by Gasteiger charge is -2.24. The minimum Gasteiger partial charge on any atom is -0.353 e. The highest BCUT2D eigenvalue weighted by molar-refractivity contribution is 5.48. The molecule has 2 aromatic heterocycles. The molecule has 0 saturated heterocycles. The third kappa shape index (κ3) is 4.33. The minimum absolute atomic E-state index is 0.889. The molecule has 0 atom stereocenters. The molecule has 0 N–H and O–H groups in total. The SMILES string of the molecule is Cc1ccc2c(n1)N(CCn1cccn1)CCN(CCN(C)C)C2. The first kappa shape index (κ1) is 16.9. The van der Waals surface area contributed by atoms with Gasteiger partial charge in [-0.25, -0.2) is 4.98 Å². The van der Waals surface area contributed by atoms with Gasteiger partial charge < -0.3 is 9.80 Å². The number of hydrogen-bond donors (Lipinski definition) is 0. The van der Waals surface area contributed by atoms with Gasteiger partial charge in [-0.3, -0.25) is 9.58 Å². The van der Waals surface area contributed by atoms with Crippen LogP contribution in [0.25, 0.3) is 0 Å². The van der Waals surface area contributed by atoms with E-state index in [0.29, 0.717) is 0 Å². The molecule has 130 valence electrons. The predicted octanol–water partition coefficient (Wildman–Crippen LogP) is 1.47. The van der Waals surface area contributed by atoms with Crippen LogP contribution in [-0.4, -0.2) is 71.4 Å². The van der Waals surface area contributed by atoms with E-state index >= 15 is 0 Å². The lowest BCUT2D eigenvalue weighted by atomic mass is 10.2. The molecule has 6 nitrogen and oxygen atoms in total. The molecule has 1 aliphatic heterocycles. The molecule has 0 radical (unpaired) electrons. The Hall–Kier alpha value is -1.92. The van der Waals surface area contributed by atoms with Crippen molar-refractivity contribution in [2.45, 2.75) is 20.0 Å². The molecule has 0 saturated carbocycles. The van der Waals surface area contributed by atoms with Crippen LogP contribution in [0, 0.1) is 6.92 Å². The minimum atomic E-state index is 0.889. The van der Waals surface area contributed by atoms with E-state index in [9.17, 15) is 0 Å². The lowest BCUT2D eigenvalue weighted by Crippen LogP contribution is -2.36. The molecule has 0 aliphatic carbocycles. The molecule has 0 fully saturated rings. The van der Waals surface area contributed by atoms with Crippen LogP contribution in [0.3, 0.4) is 0 Å². The molecule has 0 unspecified atom stereocenters. The molecule has 2 aromatic rings. The maximum absolute atomic E-state index is 4.84. The van der Waals surface area contributed by atoms with E-state index < -0.39 is 0 Å². The van der Waals surface area contributed by atoms with Crippen LogP contribution in [0.15, 0.2) is 30.6 Å². The highest BCUT2D eigenvalue weighted by Gasteiger charge is 2.21. The molecular weight excluding hydrogens is 300 g/mol. The highest BCUT2D eigenvalue weighted by atomic mass is 15.3. The number of pyridine rings is 1. The van der Waals surface area contributed by atoms with Gasteiger partial charge >= 0.3 is 0 Å². The fourth-order valence-electron chi connectivity index (χ4n) is 3.06. The van der Waals surface area contributed by atoms with Crippen LogP contribution in [0.4, 0.5) is 5.82 Å². The van der Waals surface area contributed by atoms with Crippen LogP contribution in [-0.2, 0) is 13.1 Å². The van der Waals surface area contributed by atoms with Gasteiger partial charge in [0, 0.05) is 62.9 Å². The van der Waals surface area contributed by atoms with E-state index in [0.717, 1.165) is 57.3 Å². The summed E-state index contributed by atoms with van der Waals surface area (Å²) in [6.07, 6.45) is 3.85. The van der Waals surface area contributed by atoms with Gasteiger partial charge in [0.25, 0.3) is 0 Å². The average molecular weight is 328 g/mol. The van der Waals surface area contributed by atoms with Crippen LogP contribution >= 0.6 is 0 Å².